The van der Waals surface area contributed by atoms with E-state index in [1.807, 2.05) is 24.3 Å². The highest BCUT2D eigenvalue weighted by Crippen LogP contribution is 2.35. The van der Waals surface area contributed by atoms with Crippen LogP contribution in [0.2, 0.25) is 0 Å². The van der Waals surface area contributed by atoms with Crippen LogP contribution in [0.25, 0.3) is 5.70 Å². The topological polar surface area (TPSA) is 58.5 Å². The van der Waals surface area contributed by atoms with Crippen molar-refractivity contribution < 1.29 is 0 Å². The summed E-state index contributed by atoms with van der Waals surface area (Å²) < 4.78 is 0. The maximum atomic E-state index is 6.52. The summed E-state index contributed by atoms with van der Waals surface area (Å²) in [6.07, 6.45) is 3.66. The first kappa shape index (κ1) is 16.9. The summed E-state index contributed by atoms with van der Waals surface area (Å²) in [5, 5.41) is 1.55. The second kappa shape index (κ2) is 6.75. The third-order valence-corrected chi connectivity index (χ3v) is 4.13. The summed E-state index contributed by atoms with van der Waals surface area (Å²) in [4.78, 5) is 2.32. The first-order valence-corrected chi connectivity index (χ1v) is 7.75. The number of nitrogens with two attached hydrogens (primary N) is 2. The van der Waals surface area contributed by atoms with Crippen LogP contribution >= 0.6 is 0 Å². The molecule has 0 fully saturated rings. The SMILES string of the molecule is C=C/C1=C(C=C)/C(N(C)N)=C(/N)c2ccccc2N(C(C)C)C1. The van der Waals surface area contributed by atoms with Gasteiger partial charge in [0.15, 0.2) is 0 Å². The molecule has 4 nitrogen and oxygen atoms in total. The van der Waals surface area contributed by atoms with E-state index in [2.05, 4.69) is 38.0 Å². The number of hydrogen-bond acceptors (Lipinski definition) is 4. The summed E-state index contributed by atoms with van der Waals surface area (Å²) >= 11 is 0. The van der Waals surface area contributed by atoms with Gasteiger partial charge in [-0.15, -0.1) is 0 Å². The highest BCUT2D eigenvalue weighted by molar-refractivity contribution is 5.81. The molecule has 0 radical (unpaired) electrons. The van der Waals surface area contributed by atoms with Crippen molar-refractivity contribution in [3.63, 3.8) is 0 Å². The number of fused-ring (bicyclic) bond motifs is 1. The van der Waals surface area contributed by atoms with Gasteiger partial charge in [0.2, 0.25) is 0 Å². The molecule has 1 heterocycles. The van der Waals surface area contributed by atoms with Crippen molar-refractivity contribution in [2.24, 2.45) is 11.6 Å². The number of anilines is 1. The quantitative estimate of drug-likeness (QED) is 0.663. The zero-order valence-electron chi connectivity index (χ0n) is 14.2. The van der Waals surface area contributed by atoms with Crippen LogP contribution in [-0.2, 0) is 0 Å². The molecule has 1 aromatic rings. The number of benzene rings is 1. The van der Waals surface area contributed by atoms with Gasteiger partial charge in [-0.05, 0) is 25.5 Å². The first-order chi connectivity index (χ1) is 10.9. The molecule has 0 bridgehead atoms. The van der Waals surface area contributed by atoms with Gasteiger partial charge in [0.1, 0.15) is 0 Å². The lowest BCUT2D eigenvalue weighted by molar-refractivity contribution is 0.451. The predicted octanol–water partition coefficient (Wildman–Crippen LogP) is 3.02. The van der Waals surface area contributed by atoms with E-state index in [0.29, 0.717) is 11.7 Å². The molecular weight excluding hydrogens is 284 g/mol. The minimum Gasteiger partial charge on any atom is -0.396 e. The zero-order valence-corrected chi connectivity index (χ0v) is 14.2. The number of rotatable bonds is 4. The molecule has 2 rings (SSSR count). The molecule has 0 aromatic heterocycles. The van der Waals surface area contributed by atoms with Crippen LogP contribution in [0.15, 0.2) is 66.4 Å². The zero-order chi connectivity index (χ0) is 17.1. The molecule has 1 aromatic carbocycles. The normalized spacial score (nSPS) is 21.5. The smallest absolute Gasteiger partial charge is 0.0826 e. The Morgan fingerprint density at radius 3 is 2.39 bits per heavy atom. The van der Waals surface area contributed by atoms with Crippen molar-refractivity contribution in [1.29, 1.82) is 0 Å². The van der Waals surface area contributed by atoms with Gasteiger partial charge in [0.05, 0.1) is 11.4 Å². The van der Waals surface area contributed by atoms with Crippen molar-refractivity contribution in [1.82, 2.24) is 5.01 Å². The van der Waals surface area contributed by atoms with Crippen LogP contribution in [0.5, 0.6) is 0 Å². The molecule has 0 aliphatic carbocycles. The molecule has 1 aliphatic heterocycles. The number of nitrogens with zero attached hydrogens (tertiary/aromatic N) is 2. The molecule has 122 valence electrons. The highest BCUT2D eigenvalue weighted by atomic mass is 15.4. The second-order valence-electron chi connectivity index (χ2n) is 5.96. The van der Waals surface area contributed by atoms with E-state index in [1.54, 1.807) is 18.1 Å². The Morgan fingerprint density at radius 1 is 1.22 bits per heavy atom. The number of hydrazine groups is 1. The van der Waals surface area contributed by atoms with E-state index < -0.39 is 0 Å². The highest BCUT2D eigenvalue weighted by Gasteiger charge is 2.24. The first-order valence-electron chi connectivity index (χ1n) is 7.75. The Morgan fingerprint density at radius 2 is 1.87 bits per heavy atom. The van der Waals surface area contributed by atoms with E-state index in [1.165, 1.54) is 0 Å². The number of para-hydroxylation sites is 1. The summed E-state index contributed by atoms with van der Waals surface area (Å²) in [6.45, 7) is 13.0. The van der Waals surface area contributed by atoms with Gasteiger partial charge in [-0.1, -0.05) is 43.5 Å². The molecule has 0 amide bonds. The van der Waals surface area contributed by atoms with E-state index >= 15 is 0 Å². The van der Waals surface area contributed by atoms with Crippen LogP contribution < -0.4 is 16.5 Å². The van der Waals surface area contributed by atoms with Gasteiger partial charge in [0, 0.05) is 36.5 Å². The van der Waals surface area contributed by atoms with Gasteiger partial charge in [0.25, 0.3) is 0 Å². The van der Waals surface area contributed by atoms with Gasteiger partial charge < -0.3 is 15.6 Å². The maximum absolute atomic E-state index is 6.52. The molecule has 0 atom stereocenters. The standard InChI is InChI=1S/C19H26N4/c1-6-14-12-23(13(3)4)17-11-9-8-10-16(17)18(20)19(22(5)21)15(14)7-2/h6-11,13H,1-2,12,20-21H2,3-5H3/b15-14-,19-18-. The van der Waals surface area contributed by atoms with Gasteiger partial charge >= 0.3 is 0 Å². The maximum Gasteiger partial charge on any atom is 0.0826 e. The lowest BCUT2D eigenvalue weighted by atomic mass is 9.95. The summed E-state index contributed by atoms with van der Waals surface area (Å²) in [7, 11) is 1.79. The Balaban J connectivity index is 2.87. The van der Waals surface area contributed by atoms with Crippen molar-refractivity contribution in [3.05, 3.63) is 72.0 Å². The third-order valence-electron chi connectivity index (χ3n) is 4.13. The monoisotopic (exact) mass is 310 g/mol. The van der Waals surface area contributed by atoms with E-state index in [0.717, 1.165) is 34.6 Å². The molecule has 0 saturated heterocycles. The average molecular weight is 310 g/mol. The van der Waals surface area contributed by atoms with Crippen LogP contribution in [0.1, 0.15) is 19.4 Å². The molecule has 0 spiro atoms. The summed E-state index contributed by atoms with van der Waals surface area (Å²) in [6, 6.07) is 8.47. The minimum absolute atomic E-state index is 0.321. The Labute approximate surface area is 139 Å². The van der Waals surface area contributed by atoms with Crippen LogP contribution in [0.3, 0.4) is 0 Å². The third kappa shape index (κ3) is 3.03. The predicted molar refractivity (Wildman–Crippen MR) is 99.4 cm³/mol. The van der Waals surface area contributed by atoms with E-state index in [4.69, 9.17) is 11.6 Å². The fourth-order valence-electron chi connectivity index (χ4n) is 2.97. The lowest BCUT2D eigenvalue weighted by Crippen LogP contribution is -2.36. The van der Waals surface area contributed by atoms with Gasteiger partial charge in [-0.2, -0.15) is 0 Å². The van der Waals surface area contributed by atoms with Crippen molar-refractivity contribution in [3.8, 4) is 0 Å². The summed E-state index contributed by atoms with van der Waals surface area (Å²) in [5.41, 5.74) is 12.0. The van der Waals surface area contributed by atoms with Crippen LogP contribution in [0.4, 0.5) is 5.69 Å². The number of hydrogen-bond donors (Lipinski definition) is 2. The van der Waals surface area contributed by atoms with Crippen LogP contribution in [0, 0.1) is 0 Å². The average Bonchev–Trinajstić information content (AvgIpc) is 2.51. The minimum atomic E-state index is 0.321. The molecular formula is C19H26N4. The van der Waals surface area contributed by atoms with Gasteiger partial charge in [-0.25, -0.2) is 5.84 Å². The van der Waals surface area contributed by atoms with E-state index in [-0.39, 0.29) is 0 Å². The van der Waals surface area contributed by atoms with Crippen molar-refractivity contribution in [2.75, 3.05) is 18.5 Å². The Bertz CT molecular complexity index is 680. The lowest BCUT2D eigenvalue weighted by Gasteiger charge is -2.35. The second-order valence-corrected chi connectivity index (χ2v) is 5.96. The Hall–Kier alpha value is -2.46. The van der Waals surface area contributed by atoms with Crippen molar-refractivity contribution in [2.45, 2.75) is 19.9 Å². The van der Waals surface area contributed by atoms with Gasteiger partial charge in [-0.3, -0.25) is 0 Å². The summed E-state index contributed by atoms with van der Waals surface area (Å²) in [5.74, 6) is 6.08. The van der Waals surface area contributed by atoms with Crippen molar-refractivity contribution >= 4 is 11.4 Å². The van der Waals surface area contributed by atoms with Crippen LogP contribution in [-0.4, -0.2) is 24.6 Å². The number of allylic oxidation sites excluding steroid dienone is 1. The largest absolute Gasteiger partial charge is 0.396 e. The molecule has 23 heavy (non-hydrogen) atoms. The van der Waals surface area contributed by atoms with E-state index in [9.17, 15) is 0 Å². The molecule has 1 aliphatic rings. The fourth-order valence-corrected chi connectivity index (χ4v) is 2.97. The fraction of sp³-hybridized carbons (Fsp3) is 0.263. The Kier molecular flexibility index (Phi) is 4.96. The molecule has 4 heteroatoms. The molecule has 4 N–H and O–H groups in total. The number of likely N-dealkylation sites (N-methyl/N-ethyl adjacent to an activating group) is 1. The molecule has 0 saturated carbocycles. The molecule has 0 unspecified atom stereocenters.